The van der Waals surface area contributed by atoms with Crippen molar-refractivity contribution in [2.24, 2.45) is 0 Å². The maximum absolute atomic E-state index is 13.2. The van der Waals surface area contributed by atoms with Gasteiger partial charge in [0.05, 0.1) is 22.6 Å². The SMILES string of the molecule is CCn1c(=S)n(CN2CCCCC2)c2cc(S(=O)(=O)N3CCCCC3)ccc21. The van der Waals surface area contributed by atoms with Crippen LogP contribution in [0.5, 0.6) is 0 Å². The smallest absolute Gasteiger partial charge is 0.243 e. The minimum atomic E-state index is -3.45. The number of imidazole rings is 1. The van der Waals surface area contributed by atoms with Gasteiger partial charge in [0, 0.05) is 19.6 Å². The summed E-state index contributed by atoms with van der Waals surface area (Å²) in [6, 6.07) is 5.52. The molecule has 1 aromatic carbocycles. The Morgan fingerprint density at radius 1 is 0.893 bits per heavy atom. The molecule has 0 N–H and O–H groups in total. The molecule has 2 saturated heterocycles. The Morgan fingerprint density at radius 2 is 1.54 bits per heavy atom. The lowest BCUT2D eigenvalue weighted by atomic mass is 10.1. The van der Waals surface area contributed by atoms with Gasteiger partial charge in [-0.15, -0.1) is 0 Å². The van der Waals surface area contributed by atoms with Crippen molar-refractivity contribution < 1.29 is 8.42 Å². The lowest BCUT2D eigenvalue weighted by Gasteiger charge is -2.27. The molecule has 2 aromatic rings. The molecule has 3 heterocycles. The van der Waals surface area contributed by atoms with Crippen molar-refractivity contribution in [1.82, 2.24) is 18.3 Å². The molecule has 2 aliphatic heterocycles. The Kier molecular flexibility index (Phi) is 5.92. The van der Waals surface area contributed by atoms with Crippen molar-refractivity contribution in [1.29, 1.82) is 0 Å². The highest BCUT2D eigenvalue weighted by Gasteiger charge is 2.27. The van der Waals surface area contributed by atoms with E-state index in [4.69, 9.17) is 12.2 Å². The van der Waals surface area contributed by atoms with Gasteiger partial charge < -0.3 is 9.13 Å². The second-order valence-electron chi connectivity index (χ2n) is 7.89. The molecule has 28 heavy (non-hydrogen) atoms. The molecule has 2 aliphatic rings. The lowest BCUT2D eigenvalue weighted by Crippen LogP contribution is -2.35. The van der Waals surface area contributed by atoms with Crippen molar-refractivity contribution in [2.75, 3.05) is 26.2 Å². The summed E-state index contributed by atoms with van der Waals surface area (Å²) in [7, 11) is -3.45. The third kappa shape index (κ3) is 3.67. The van der Waals surface area contributed by atoms with Crippen LogP contribution in [0.3, 0.4) is 0 Å². The van der Waals surface area contributed by atoms with Crippen molar-refractivity contribution in [3.8, 4) is 0 Å². The van der Waals surface area contributed by atoms with E-state index in [0.717, 1.165) is 61.4 Å². The van der Waals surface area contributed by atoms with Gasteiger partial charge in [-0.25, -0.2) is 8.42 Å². The van der Waals surface area contributed by atoms with Gasteiger partial charge >= 0.3 is 0 Å². The van der Waals surface area contributed by atoms with E-state index >= 15 is 0 Å². The van der Waals surface area contributed by atoms with Crippen LogP contribution in [0.1, 0.15) is 45.4 Å². The molecule has 4 rings (SSSR count). The molecular weight excluding hydrogens is 392 g/mol. The highest BCUT2D eigenvalue weighted by molar-refractivity contribution is 7.89. The molecule has 0 amide bonds. The quantitative estimate of drug-likeness (QED) is 0.688. The summed E-state index contributed by atoms with van der Waals surface area (Å²) in [4.78, 5) is 2.81. The fourth-order valence-electron chi connectivity index (χ4n) is 4.46. The highest BCUT2D eigenvalue weighted by Crippen LogP contribution is 2.26. The minimum absolute atomic E-state index is 0.387. The number of hydrogen-bond donors (Lipinski definition) is 0. The standard InChI is InChI=1S/C20H30N4O2S2/c1-2-23-18-10-9-17(28(25,26)22-13-7-4-8-14-22)15-19(18)24(20(23)27)16-21-11-5-3-6-12-21/h9-10,15H,2-8,11-14,16H2,1H3. The molecule has 154 valence electrons. The van der Waals surface area contributed by atoms with E-state index in [9.17, 15) is 8.42 Å². The molecule has 0 radical (unpaired) electrons. The first kappa shape index (κ1) is 20.1. The number of rotatable bonds is 5. The van der Waals surface area contributed by atoms with Crippen LogP contribution in [0, 0.1) is 4.77 Å². The lowest BCUT2D eigenvalue weighted by molar-refractivity contribution is 0.183. The van der Waals surface area contributed by atoms with E-state index in [0.29, 0.717) is 18.0 Å². The predicted octanol–water partition coefficient (Wildman–Crippen LogP) is 3.81. The Balaban J connectivity index is 1.76. The van der Waals surface area contributed by atoms with Gasteiger partial charge in [0.2, 0.25) is 10.0 Å². The largest absolute Gasteiger partial charge is 0.317 e. The summed E-state index contributed by atoms with van der Waals surface area (Å²) in [5, 5.41) is 0. The molecule has 0 aliphatic carbocycles. The van der Waals surface area contributed by atoms with Crippen LogP contribution in [0.2, 0.25) is 0 Å². The van der Waals surface area contributed by atoms with Crippen LogP contribution in [0.4, 0.5) is 0 Å². The van der Waals surface area contributed by atoms with Crippen LogP contribution in [-0.2, 0) is 23.2 Å². The molecule has 0 bridgehead atoms. The zero-order chi connectivity index (χ0) is 19.7. The topological polar surface area (TPSA) is 50.5 Å². The van der Waals surface area contributed by atoms with E-state index in [-0.39, 0.29) is 0 Å². The monoisotopic (exact) mass is 422 g/mol. The minimum Gasteiger partial charge on any atom is -0.317 e. The molecule has 6 nitrogen and oxygen atoms in total. The molecule has 2 fully saturated rings. The Labute approximate surface area is 172 Å². The van der Waals surface area contributed by atoms with Crippen molar-refractivity contribution >= 4 is 33.3 Å². The summed E-state index contributed by atoms with van der Waals surface area (Å²) >= 11 is 5.76. The van der Waals surface area contributed by atoms with Gasteiger partial charge in [-0.05, 0) is 76.1 Å². The van der Waals surface area contributed by atoms with Gasteiger partial charge in [-0.3, -0.25) is 4.90 Å². The van der Waals surface area contributed by atoms with Gasteiger partial charge in [0.15, 0.2) is 4.77 Å². The molecule has 0 atom stereocenters. The number of sulfonamides is 1. The van der Waals surface area contributed by atoms with E-state index in [1.165, 1.54) is 19.3 Å². The molecule has 1 aromatic heterocycles. The third-order valence-corrected chi connectivity index (χ3v) is 8.38. The first-order valence-electron chi connectivity index (χ1n) is 10.5. The number of likely N-dealkylation sites (tertiary alicyclic amines) is 1. The maximum Gasteiger partial charge on any atom is 0.243 e. The van der Waals surface area contributed by atoms with E-state index in [2.05, 4.69) is 21.0 Å². The number of fused-ring (bicyclic) bond motifs is 1. The van der Waals surface area contributed by atoms with Gasteiger partial charge in [-0.2, -0.15) is 4.31 Å². The number of nitrogens with zero attached hydrogens (tertiary/aromatic N) is 4. The first-order chi connectivity index (χ1) is 13.5. The normalized spacial score (nSPS) is 20.0. The van der Waals surface area contributed by atoms with Crippen LogP contribution in [0.15, 0.2) is 23.1 Å². The summed E-state index contributed by atoms with van der Waals surface area (Å²) in [5.41, 5.74) is 1.94. The molecule has 0 unspecified atom stereocenters. The maximum atomic E-state index is 13.2. The fourth-order valence-corrected chi connectivity index (χ4v) is 6.38. The summed E-state index contributed by atoms with van der Waals surface area (Å²) < 4.78 is 33.0. The van der Waals surface area contributed by atoms with Crippen molar-refractivity contribution in [2.45, 2.75) is 63.6 Å². The first-order valence-corrected chi connectivity index (χ1v) is 12.3. The summed E-state index contributed by atoms with van der Waals surface area (Å²) in [5.74, 6) is 0. The van der Waals surface area contributed by atoms with Crippen LogP contribution in [0.25, 0.3) is 11.0 Å². The molecular formula is C20H30N4O2S2. The number of aryl methyl sites for hydroxylation is 1. The van der Waals surface area contributed by atoms with Gasteiger partial charge in [0.1, 0.15) is 0 Å². The van der Waals surface area contributed by atoms with Crippen LogP contribution < -0.4 is 0 Å². The second-order valence-corrected chi connectivity index (χ2v) is 10.2. The summed E-state index contributed by atoms with van der Waals surface area (Å²) in [6.07, 6.45) is 6.72. The molecule has 0 saturated carbocycles. The van der Waals surface area contributed by atoms with Gasteiger partial charge in [-0.1, -0.05) is 12.8 Å². The van der Waals surface area contributed by atoms with Crippen molar-refractivity contribution in [3.05, 3.63) is 23.0 Å². The Hall–Kier alpha value is -1.22. The van der Waals surface area contributed by atoms with E-state index < -0.39 is 10.0 Å². The molecule has 0 spiro atoms. The van der Waals surface area contributed by atoms with E-state index in [1.54, 1.807) is 10.4 Å². The zero-order valence-electron chi connectivity index (χ0n) is 16.6. The van der Waals surface area contributed by atoms with E-state index in [1.807, 2.05) is 12.1 Å². The highest BCUT2D eigenvalue weighted by atomic mass is 32.2. The average Bonchev–Trinajstić information content (AvgIpc) is 2.99. The Bertz CT molecular complexity index is 997. The second kappa shape index (κ2) is 8.26. The number of piperidine rings is 2. The Morgan fingerprint density at radius 3 is 2.18 bits per heavy atom. The molecule has 8 heteroatoms. The summed E-state index contributed by atoms with van der Waals surface area (Å²) in [6.45, 7) is 6.99. The van der Waals surface area contributed by atoms with Crippen LogP contribution in [-0.4, -0.2) is 52.9 Å². The average molecular weight is 423 g/mol. The van der Waals surface area contributed by atoms with Crippen LogP contribution >= 0.6 is 12.2 Å². The zero-order valence-corrected chi connectivity index (χ0v) is 18.3. The fraction of sp³-hybridized carbons (Fsp3) is 0.650. The van der Waals surface area contributed by atoms with Gasteiger partial charge in [0.25, 0.3) is 0 Å². The third-order valence-electron chi connectivity index (χ3n) is 6.05. The van der Waals surface area contributed by atoms with Crippen molar-refractivity contribution in [3.63, 3.8) is 0 Å². The number of hydrogen-bond acceptors (Lipinski definition) is 4. The number of benzene rings is 1. The predicted molar refractivity (Wildman–Crippen MR) is 114 cm³/mol. The number of aromatic nitrogens is 2.